The molecule has 3 N–H and O–H groups in total. The van der Waals surface area contributed by atoms with Gasteiger partial charge in [0, 0.05) is 25.1 Å². The van der Waals surface area contributed by atoms with Crippen LogP contribution in [0.15, 0.2) is 0 Å². The van der Waals surface area contributed by atoms with Crippen LogP contribution in [0, 0.1) is 5.41 Å². The molecule has 14 heavy (non-hydrogen) atoms. The molecule has 0 aliphatic carbocycles. The summed E-state index contributed by atoms with van der Waals surface area (Å²) in [5, 5.41) is 21.2. The lowest BCUT2D eigenvalue weighted by atomic mass is 9.93. The van der Waals surface area contributed by atoms with Crippen molar-refractivity contribution in [2.45, 2.75) is 26.9 Å². The number of rotatable bonds is 8. The van der Waals surface area contributed by atoms with Gasteiger partial charge in [0.25, 0.3) is 0 Å². The van der Waals surface area contributed by atoms with Crippen LogP contribution in [0.4, 0.5) is 0 Å². The standard InChI is InChI=1S/C10H23NO3/c1-4-14-9(2)5-11-6-10(3,7-12)8-13/h9,11-13H,4-8H2,1-3H3. The number of ether oxygens (including phenoxy) is 1. The van der Waals surface area contributed by atoms with E-state index in [1.54, 1.807) is 0 Å². The Kier molecular flexibility index (Phi) is 7.09. The van der Waals surface area contributed by atoms with Gasteiger partial charge in [-0.2, -0.15) is 0 Å². The van der Waals surface area contributed by atoms with Crippen LogP contribution in [-0.2, 0) is 4.74 Å². The Morgan fingerprint density at radius 1 is 1.36 bits per heavy atom. The lowest BCUT2D eigenvalue weighted by molar-refractivity contribution is 0.0531. The monoisotopic (exact) mass is 205 g/mol. The molecule has 1 atom stereocenters. The molecule has 0 rings (SSSR count). The van der Waals surface area contributed by atoms with Crippen molar-refractivity contribution in [2.75, 3.05) is 32.9 Å². The van der Waals surface area contributed by atoms with E-state index in [4.69, 9.17) is 14.9 Å². The molecule has 0 aliphatic rings. The lowest BCUT2D eigenvalue weighted by Crippen LogP contribution is -2.40. The Balaban J connectivity index is 3.61. The summed E-state index contributed by atoms with van der Waals surface area (Å²) in [6, 6.07) is 0. The first-order valence-electron chi connectivity index (χ1n) is 5.12. The Hall–Kier alpha value is -0.160. The maximum Gasteiger partial charge on any atom is 0.0671 e. The van der Waals surface area contributed by atoms with E-state index in [2.05, 4.69) is 5.32 Å². The molecule has 1 unspecified atom stereocenters. The third kappa shape index (κ3) is 5.54. The molecular weight excluding hydrogens is 182 g/mol. The number of hydrogen-bond acceptors (Lipinski definition) is 4. The third-order valence-corrected chi connectivity index (χ3v) is 2.20. The molecule has 0 bridgehead atoms. The van der Waals surface area contributed by atoms with Crippen LogP contribution in [-0.4, -0.2) is 49.2 Å². The summed E-state index contributed by atoms with van der Waals surface area (Å²) in [6.07, 6.45) is 0.168. The van der Waals surface area contributed by atoms with E-state index in [9.17, 15) is 0 Å². The van der Waals surface area contributed by atoms with E-state index < -0.39 is 5.41 Å². The van der Waals surface area contributed by atoms with Gasteiger partial charge in [-0.1, -0.05) is 6.92 Å². The first kappa shape index (κ1) is 13.8. The minimum atomic E-state index is -0.439. The fourth-order valence-electron chi connectivity index (χ4n) is 1.08. The summed E-state index contributed by atoms with van der Waals surface area (Å²) in [5.74, 6) is 0. The molecule has 4 heteroatoms. The van der Waals surface area contributed by atoms with Gasteiger partial charge in [0.15, 0.2) is 0 Å². The highest BCUT2D eigenvalue weighted by Crippen LogP contribution is 2.11. The van der Waals surface area contributed by atoms with Crippen molar-refractivity contribution in [2.24, 2.45) is 5.41 Å². The summed E-state index contributed by atoms with van der Waals surface area (Å²) in [5.41, 5.74) is -0.439. The fraction of sp³-hybridized carbons (Fsp3) is 1.00. The van der Waals surface area contributed by atoms with E-state index in [1.165, 1.54) is 0 Å². The van der Waals surface area contributed by atoms with Gasteiger partial charge in [-0.3, -0.25) is 0 Å². The van der Waals surface area contributed by atoms with Crippen molar-refractivity contribution in [3.05, 3.63) is 0 Å². The van der Waals surface area contributed by atoms with Crippen LogP contribution >= 0.6 is 0 Å². The first-order valence-corrected chi connectivity index (χ1v) is 5.12. The van der Waals surface area contributed by atoms with Gasteiger partial charge in [0.1, 0.15) is 0 Å². The molecule has 0 saturated heterocycles. The predicted molar refractivity (Wildman–Crippen MR) is 56.2 cm³/mol. The second-order valence-corrected chi connectivity index (χ2v) is 4.02. The Morgan fingerprint density at radius 3 is 2.36 bits per heavy atom. The molecule has 0 saturated carbocycles. The van der Waals surface area contributed by atoms with Crippen molar-refractivity contribution in [3.63, 3.8) is 0 Å². The topological polar surface area (TPSA) is 61.7 Å². The molecule has 0 fully saturated rings. The Labute approximate surface area is 86.3 Å². The summed E-state index contributed by atoms with van der Waals surface area (Å²) in [4.78, 5) is 0. The van der Waals surface area contributed by atoms with Gasteiger partial charge < -0.3 is 20.3 Å². The zero-order chi connectivity index (χ0) is 11.0. The highest BCUT2D eigenvalue weighted by molar-refractivity contribution is 4.75. The average Bonchev–Trinajstić information content (AvgIpc) is 2.18. The largest absolute Gasteiger partial charge is 0.396 e. The number of aliphatic hydroxyl groups excluding tert-OH is 2. The summed E-state index contributed by atoms with van der Waals surface area (Å²) < 4.78 is 5.34. The van der Waals surface area contributed by atoms with Crippen molar-refractivity contribution in [1.82, 2.24) is 5.32 Å². The first-order chi connectivity index (χ1) is 6.58. The SMILES string of the molecule is CCOC(C)CNCC(C)(CO)CO. The summed E-state index contributed by atoms with van der Waals surface area (Å²) >= 11 is 0. The van der Waals surface area contributed by atoms with Gasteiger partial charge >= 0.3 is 0 Å². The molecule has 0 aliphatic heterocycles. The Morgan fingerprint density at radius 2 is 1.93 bits per heavy atom. The molecule has 0 spiro atoms. The van der Waals surface area contributed by atoms with Crippen molar-refractivity contribution in [3.8, 4) is 0 Å². The molecule has 86 valence electrons. The van der Waals surface area contributed by atoms with Crippen LogP contribution in [0.1, 0.15) is 20.8 Å². The van der Waals surface area contributed by atoms with Crippen LogP contribution in [0.5, 0.6) is 0 Å². The third-order valence-electron chi connectivity index (χ3n) is 2.20. The summed E-state index contributed by atoms with van der Waals surface area (Å²) in [7, 11) is 0. The molecule has 0 heterocycles. The van der Waals surface area contributed by atoms with E-state index >= 15 is 0 Å². The van der Waals surface area contributed by atoms with Gasteiger partial charge in [-0.25, -0.2) is 0 Å². The van der Waals surface area contributed by atoms with E-state index in [-0.39, 0.29) is 19.3 Å². The van der Waals surface area contributed by atoms with Crippen LogP contribution < -0.4 is 5.32 Å². The molecular formula is C10H23NO3. The maximum absolute atomic E-state index is 9.02. The maximum atomic E-state index is 9.02. The number of nitrogens with one attached hydrogen (secondary N) is 1. The van der Waals surface area contributed by atoms with Gasteiger partial charge in [0.2, 0.25) is 0 Å². The molecule has 0 aromatic rings. The predicted octanol–water partition coefficient (Wildman–Crippen LogP) is -0.00810. The van der Waals surface area contributed by atoms with E-state index in [0.29, 0.717) is 13.2 Å². The minimum absolute atomic E-state index is 0.0144. The Bertz CT molecular complexity index is 137. The lowest BCUT2D eigenvalue weighted by Gasteiger charge is -2.25. The minimum Gasteiger partial charge on any atom is -0.396 e. The van der Waals surface area contributed by atoms with Gasteiger partial charge in [0.05, 0.1) is 19.3 Å². The van der Waals surface area contributed by atoms with E-state index in [0.717, 1.165) is 6.54 Å². The van der Waals surface area contributed by atoms with Crippen molar-refractivity contribution >= 4 is 0 Å². The van der Waals surface area contributed by atoms with Crippen LogP contribution in [0.3, 0.4) is 0 Å². The fourth-order valence-corrected chi connectivity index (χ4v) is 1.08. The van der Waals surface area contributed by atoms with Crippen LogP contribution in [0.25, 0.3) is 0 Å². The van der Waals surface area contributed by atoms with Gasteiger partial charge in [-0.15, -0.1) is 0 Å². The summed E-state index contributed by atoms with van der Waals surface area (Å²) in [6.45, 7) is 7.80. The van der Waals surface area contributed by atoms with E-state index in [1.807, 2.05) is 20.8 Å². The zero-order valence-corrected chi connectivity index (χ0v) is 9.42. The normalized spacial score (nSPS) is 14.4. The second-order valence-electron chi connectivity index (χ2n) is 4.02. The highest BCUT2D eigenvalue weighted by atomic mass is 16.5. The van der Waals surface area contributed by atoms with Crippen molar-refractivity contribution in [1.29, 1.82) is 0 Å². The smallest absolute Gasteiger partial charge is 0.0671 e. The highest BCUT2D eigenvalue weighted by Gasteiger charge is 2.21. The van der Waals surface area contributed by atoms with Crippen molar-refractivity contribution < 1.29 is 14.9 Å². The van der Waals surface area contributed by atoms with Crippen LogP contribution in [0.2, 0.25) is 0 Å². The molecule has 0 radical (unpaired) electrons. The molecule has 0 amide bonds. The quantitative estimate of drug-likeness (QED) is 0.521. The second kappa shape index (κ2) is 7.17. The molecule has 0 aromatic carbocycles. The molecule has 0 aromatic heterocycles. The van der Waals surface area contributed by atoms with Gasteiger partial charge in [-0.05, 0) is 13.8 Å². The average molecular weight is 205 g/mol. The number of hydrogen-bond donors (Lipinski definition) is 3. The zero-order valence-electron chi connectivity index (χ0n) is 9.42. The molecule has 4 nitrogen and oxygen atoms in total. The number of aliphatic hydroxyl groups is 2.